The summed E-state index contributed by atoms with van der Waals surface area (Å²) in [5.41, 5.74) is 4.70. The second-order valence-electron chi connectivity index (χ2n) is 6.67. The monoisotopic (exact) mass is 464 g/mol. The van der Waals surface area contributed by atoms with Crippen LogP contribution in [0.25, 0.3) is 0 Å². The Morgan fingerprint density at radius 2 is 1.75 bits per heavy atom. The zero-order chi connectivity index (χ0) is 19.0. The largest absolute Gasteiger partial charge is 0.283 e. The van der Waals surface area contributed by atoms with Gasteiger partial charge in [-0.15, -0.1) is 17.0 Å². The topological polar surface area (TPSA) is 93.6 Å². The van der Waals surface area contributed by atoms with E-state index in [0.717, 1.165) is 24.0 Å². The van der Waals surface area contributed by atoms with E-state index in [1.54, 1.807) is 12.1 Å². The Labute approximate surface area is 174 Å². The molecule has 2 aliphatic rings. The highest BCUT2D eigenvalue weighted by atomic mass is 79.9. The lowest BCUT2D eigenvalue weighted by molar-refractivity contribution is 0.0869. The van der Waals surface area contributed by atoms with Gasteiger partial charge in [-0.05, 0) is 36.6 Å². The van der Waals surface area contributed by atoms with Gasteiger partial charge in [-0.3, -0.25) is 20.6 Å². The molecule has 1 amide bonds. The molecule has 2 heterocycles. The van der Waals surface area contributed by atoms with Crippen LogP contribution in [0.3, 0.4) is 0 Å². The minimum atomic E-state index is -3.58. The number of nitrogens with zero attached hydrogens (tertiary/aromatic N) is 2. The molecule has 0 aromatic heterocycles. The van der Waals surface area contributed by atoms with Crippen molar-refractivity contribution in [2.75, 3.05) is 13.1 Å². The standard InChI is InChI=1S/C19H20N4O3S.BrH/c20-18-17-9-2-1-6-15(17)13-23(18)21-19(24)14-7-5-8-16(12-14)27(25,26)22-10-3-4-11-22;/h1-2,5-9,12,20H,3-4,10-11,13H2,(H,21,24);1H. The van der Waals surface area contributed by atoms with Crippen LogP contribution >= 0.6 is 17.0 Å². The zero-order valence-electron chi connectivity index (χ0n) is 15.1. The summed E-state index contributed by atoms with van der Waals surface area (Å²) in [5, 5.41) is 9.67. The summed E-state index contributed by atoms with van der Waals surface area (Å²) < 4.78 is 26.9. The van der Waals surface area contributed by atoms with Crippen LogP contribution in [0.5, 0.6) is 0 Å². The van der Waals surface area contributed by atoms with Crippen molar-refractivity contribution in [2.24, 2.45) is 0 Å². The molecule has 28 heavy (non-hydrogen) atoms. The number of hydrogen-bond acceptors (Lipinski definition) is 4. The summed E-state index contributed by atoms with van der Waals surface area (Å²) in [6.07, 6.45) is 1.72. The second-order valence-corrected chi connectivity index (χ2v) is 8.61. The van der Waals surface area contributed by atoms with Gasteiger partial charge < -0.3 is 0 Å². The van der Waals surface area contributed by atoms with E-state index in [2.05, 4.69) is 5.43 Å². The summed E-state index contributed by atoms with van der Waals surface area (Å²) in [5.74, 6) is -0.217. The molecule has 0 spiro atoms. The minimum Gasteiger partial charge on any atom is -0.283 e. The van der Waals surface area contributed by atoms with Crippen LogP contribution in [0.2, 0.25) is 0 Å². The molecule has 0 radical (unpaired) electrons. The van der Waals surface area contributed by atoms with E-state index >= 15 is 0 Å². The van der Waals surface area contributed by atoms with E-state index in [-0.39, 0.29) is 33.3 Å². The molecule has 0 saturated carbocycles. The molecule has 1 fully saturated rings. The van der Waals surface area contributed by atoms with Crippen molar-refractivity contribution < 1.29 is 13.2 Å². The number of carbonyl (C=O) groups excluding carboxylic acids is 1. The molecule has 4 rings (SSSR count). The van der Waals surface area contributed by atoms with E-state index in [0.29, 0.717) is 19.6 Å². The van der Waals surface area contributed by atoms with E-state index in [4.69, 9.17) is 5.41 Å². The molecular formula is C19H21BrN4O3S. The molecule has 2 aromatic carbocycles. The first kappa shape index (κ1) is 20.5. The van der Waals surface area contributed by atoms with Gasteiger partial charge in [0.25, 0.3) is 5.91 Å². The van der Waals surface area contributed by atoms with Crippen molar-refractivity contribution >= 4 is 38.7 Å². The van der Waals surface area contributed by atoms with Crippen LogP contribution in [0.1, 0.15) is 34.3 Å². The van der Waals surface area contributed by atoms with Gasteiger partial charge in [0.15, 0.2) is 0 Å². The molecule has 0 unspecified atom stereocenters. The highest BCUT2D eigenvalue weighted by Crippen LogP contribution is 2.23. The molecule has 0 aliphatic carbocycles. The molecule has 1 saturated heterocycles. The third kappa shape index (κ3) is 3.69. The maximum atomic E-state index is 12.7. The summed E-state index contributed by atoms with van der Waals surface area (Å²) in [6.45, 7) is 1.44. The lowest BCUT2D eigenvalue weighted by Crippen LogP contribution is -2.42. The Hall–Kier alpha value is -2.23. The normalized spacial score (nSPS) is 16.6. The number of carbonyl (C=O) groups is 1. The Morgan fingerprint density at radius 1 is 1.04 bits per heavy atom. The van der Waals surface area contributed by atoms with Crippen LogP contribution in [0.15, 0.2) is 53.4 Å². The molecule has 2 aliphatic heterocycles. The number of sulfonamides is 1. The van der Waals surface area contributed by atoms with Crippen molar-refractivity contribution in [3.63, 3.8) is 0 Å². The fourth-order valence-electron chi connectivity index (χ4n) is 3.44. The molecule has 0 atom stereocenters. The number of halogens is 1. The number of amides is 1. The first-order valence-electron chi connectivity index (χ1n) is 8.82. The minimum absolute atomic E-state index is 0. The van der Waals surface area contributed by atoms with Crippen molar-refractivity contribution in [2.45, 2.75) is 24.3 Å². The highest BCUT2D eigenvalue weighted by Gasteiger charge is 2.29. The van der Waals surface area contributed by atoms with Crippen molar-refractivity contribution in [1.29, 1.82) is 5.41 Å². The van der Waals surface area contributed by atoms with Gasteiger partial charge in [0.1, 0.15) is 5.84 Å². The van der Waals surface area contributed by atoms with Gasteiger partial charge >= 0.3 is 0 Å². The SMILES string of the molecule is Br.N=C1c2ccccc2CN1NC(=O)c1cccc(S(=O)(=O)N2CCCC2)c1. The average molecular weight is 465 g/mol. The Balaban J connectivity index is 0.00000225. The number of fused-ring (bicyclic) bond motifs is 1. The molecule has 0 bridgehead atoms. The predicted octanol–water partition coefficient (Wildman–Crippen LogP) is 2.53. The maximum absolute atomic E-state index is 12.7. The Kier molecular flexibility index (Phi) is 5.87. The zero-order valence-corrected chi connectivity index (χ0v) is 17.6. The highest BCUT2D eigenvalue weighted by molar-refractivity contribution is 8.93. The summed E-state index contributed by atoms with van der Waals surface area (Å²) >= 11 is 0. The van der Waals surface area contributed by atoms with Gasteiger partial charge in [-0.2, -0.15) is 4.31 Å². The third-order valence-corrected chi connectivity index (χ3v) is 6.80. The first-order chi connectivity index (χ1) is 13.0. The fraction of sp³-hybridized carbons (Fsp3) is 0.263. The molecular weight excluding hydrogens is 444 g/mol. The van der Waals surface area contributed by atoms with E-state index in [9.17, 15) is 13.2 Å². The summed E-state index contributed by atoms with van der Waals surface area (Å²) in [4.78, 5) is 12.8. The van der Waals surface area contributed by atoms with Crippen molar-refractivity contribution in [3.05, 3.63) is 65.2 Å². The van der Waals surface area contributed by atoms with Gasteiger partial charge in [0.05, 0.1) is 11.4 Å². The summed E-state index contributed by atoms with van der Waals surface area (Å²) in [6, 6.07) is 13.6. The fourth-order valence-corrected chi connectivity index (χ4v) is 5.01. The lowest BCUT2D eigenvalue weighted by atomic mass is 10.1. The number of hydrazine groups is 1. The number of hydrogen-bond donors (Lipinski definition) is 2. The van der Waals surface area contributed by atoms with E-state index in [1.165, 1.54) is 21.4 Å². The first-order valence-corrected chi connectivity index (χ1v) is 10.3. The van der Waals surface area contributed by atoms with E-state index in [1.807, 2.05) is 24.3 Å². The number of benzene rings is 2. The molecule has 2 N–H and O–H groups in total. The lowest BCUT2D eigenvalue weighted by Gasteiger charge is -2.19. The molecule has 7 nitrogen and oxygen atoms in total. The predicted molar refractivity (Wildman–Crippen MR) is 111 cm³/mol. The van der Waals surface area contributed by atoms with Gasteiger partial charge in [0, 0.05) is 24.2 Å². The molecule has 148 valence electrons. The van der Waals surface area contributed by atoms with E-state index < -0.39 is 15.9 Å². The molecule has 9 heteroatoms. The van der Waals surface area contributed by atoms with Crippen LogP contribution in [-0.4, -0.2) is 42.6 Å². The average Bonchev–Trinajstić information content (AvgIpc) is 3.32. The summed E-state index contributed by atoms with van der Waals surface area (Å²) in [7, 11) is -3.58. The smallest absolute Gasteiger partial charge is 0.269 e. The van der Waals surface area contributed by atoms with Crippen LogP contribution in [0.4, 0.5) is 0 Å². The van der Waals surface area contributed by atoms with Crippen molar-refractivity contribution in [1.82, 2.24) is 14.7 Å². The maximum Gasteiger partial charge on any atom is 0.269 e. The number of amidine groups is 1. The molecule has 2 aromatic rings. The van der Waals surface area contributed by atoms with Gasteiger partial charge in [0.2, 0.25) is 10.0 Å². The van der Waals surface area contributed by atoms with Crippen LogP contribution < -0.4 is 5.43 Å². The second kappa shape index (κ2) is 8.02. The quantitative estimate of drug-likeness (QED) is 0.726. The van der Waals surface area contributed by atoms with Crippen LogP contribution in [-0.2, 0) is 16.6 Å². The van der Waals surface area contributed by atoms with Crippen molar-refractivity contribution in [3.8, 4) is 0 Å². The third-order valence-electron chi connectivity index (χ3n) is 4.91. The number of rotatable bonds is 4. The Morgan fingerprint density at radius 3 is 2.46 bits per heavy atom. The van der Waals surface area contributed by atoms with Crippen LogP contribution in [0, 0.1) is 5.41 Å². The van der Waals surface area contributed by atoms with Gasteiger partial charge in [-0.1, -0.05) is 30.3 Å². The van der Waals surface area contributed by atoms with Gasteiger partial charge in [-0.25, -0.2) is 8.42 Å². The number of nitrogens with one attached hydrogen (secondary N) is 2. The Bertz CT molecular complexity index is 1020.